The van der Waals surface area contributed by atoms with Crippen molar-refractivity contribution in [3.05, 3.63) is 0 Å². The van der Waals surface area contributed by atoms with Gasteiger partial charge in [-0.3, -0.25) is 4.90 Å². The summed E-state index contributed by atoms with van der Waals surface area (Å²) < 4.78 is 0. The molecular formula is C11H18N2. The van der Waals surface area contributed by atoms with Gasteiger partial charge >= 0.3 is 0 Å². The molecule has 2 rings (SSSR count). The molecule has 0 bridgehead atoms. The zero-order chi connectivity index (χ0) is 9.47. The molecule has 1 unspecified atom stereocenters. The summed E-state index contributed by atoms with van der Waals surface area (Å²) in [5.41, 5.74) is 0.342. The second kappa shape index (κ2) is 2.99. The Morgan fingerprint density at radius 1 is 1.31 bits per heavy atom. The largest absolute Gasteiger partial charge is 0.294 e. The van der Waals surface area contributed by atoms with Gasteiger partial charge in [0.2, 0.25) is 0 Å². The summed E-state index contributed by atoms with van der Waals surface area (Å²) in [4.78, 5) is 2.56. The van der Waals surface area contributed by atoms with Crippen molar-refractivity contribution >= 4 is 0 Å². The fourth-order valence-electron chi connectivity index (χ4n) is 2.38. The van der Waals surface area contributed by atoms with Gasteiger partial charge in [0.1, 0.15) is 0 Å². The molecule has 2 nitrogen and oxygen atoms in total. The molecule has 13 heavy (non-hydrogen) atoms. The van der Waals surface area contributed by atoms with E-state index in [0.717, 1.165) is 19.0 Å². The van der Waals surface area contributed by atoms with Gasteiger partial charge in [-0.1, -0.05) is 0 Å². The molecule has 0 spiro atoms. The molecule has 2 fully saturated rings. The molecule has 1 saturated carbocycles. The van der Waals surface area contributed by atoms with E-state index in [-0.39, 0.29) is 5.92 Å². The monoisotopic (exact) mass is 178 g/mol. The van der Waals surface area contributed by atoms with E-state index in [1.807, 2.05) is 0 Å². The molecule has 0 radical (unpaired) electrons. The molecule has 2 heteroatoms. The normalized spacial score (nSPS) is 34.1. The Hall–Kier alpha value is -0.550. The Labute approximate surface area is 80.5 Å². The van der Waals surface area contributed by atoms with Crippen molar-refractivity contribution < 1.29 is 0 Å². The van der Waals surface area contributed by atoms with Crippen LogP contribution in [0, 0.1) is 17.2 Å². The lowest BCUT2D eigenvalue weighted by Gasteiger charge is -2.44. The maximum atomic E-state index is 8.90. The summed E-state index contributed by atoms with van der Waals surface area (Å²) in [6.45, 7) is 5.64. The van der Waals surface area contributed by atoms with Gasteiger partial charge in [0.05, 0.1) is 12.0 Å². The second-order valence-electron chi connectivity index (χ2n) is 5.06. The maximum absolute atomic E-state index is 8.90. The van der Waals surface area contributed by atoms with Crippen LogP contribution in [0.2, 0.25) is 0 Å². The number of nitriles is 1. The van der Waals surface area contributed by atoms with Crippen LogP contribution in [0.15, 0.2) is 0 Å². The predicted octanol–water partition coefficient (Wildman–Crippen LogP) is 2.16. The maximum Gasteiger partial charge on any atom is 0.0669 e. The molecular weight excluding hydrogens is 160 g/mol. The first-order valence-corrected chi connectivity index (χ1v) is 5.30. The Kier molecular flexibility index (Phi) is 2.08. The Morgan fingerprint density at radius 3 is 2.54 bits per heavy atom. The van der Waals surface area contributed by atoms with Crippen LogP contribution in [0.25, 0.3) is 0 Å². The minimum Gasteiger partial charge on any atom is -0.294 e. The number of likely N-dealkylation sites (tertiary alicyclic amines) is 1. The molecule has 0 aromatic rings. The highest BCUT2D eigenvalue weighted by molar-refractivity contribution is 5.01. The zero-order valence-electron chi connectivity index (χ0n) is 8.58. The van der Waals surface area contributed by atoms with Gasteiger partial charge in [-0.25, -0.2) is 0 Å². The van der Waals surface area contributed by atoms with Gasteiger partial charge in [0.15, 0.2) is 0 Å². The average molecular weight is 178 g/mol. The van der Waals surface area contributed by atoms with E-state index in [2.05, 4.69) is 24.8 Å². The number of nitrogens with zero attached hydrogens (tertiary/aromatic N) is 2. The fraction of sp³-hybridized carbons (Fsp3) is 0.909. The SMILES string of the molecule is CC1(C)CCC(C#N)CN1C1CC1. The van der Waals surface area contributed by atoms with E-state index >= 15 is 0 Å². The molecule has 0 aromatic carbocycles. The molecule has 2 aliphatic rings. The van der Waals surface area contributed by atoms with Crippen molar-refractivity contribution in [2.45, 2.75) is 51.1 Å². The lowest BCUT2D eigenvalue weighted by molar-refractivity contribution is 0.0514. The van der Waals surface area contributed by atoms with Gasteiger partial charge in [0.25, 0.3) is 0 Å². The minimum atomic E-state index is 0.286. The summed E-state index contributed by atoms with van der Waals surface area (Å²) in [5, 5.41) is 8.90. The van der Waals surface area contributed by atoms with Crippen LogP contribution in [0.4, 0.5) is 0 Å². The van der Waals surface area contributed by atoms with E-state index < -0.39 is 0 Å². The zero-order valence-corrected chi connectivity index (χ0v) is 8.58. The lowest BCUT2D eigenvalue weighted by Crippen LogP contribution is -2.51. The third kappa shape index (κ3) is 1.71. The molecule has 1 heterocycles. The number of hydrogen-bond donors (Lipinski definition) is 0. The Morgan fingerprint density at radius 2 is 2.00 bits per heavy atom. The molecule has 0 amide bonds. The highest BCUT2D eigenvalue weighted by Gasteiger charge is 2.42. The highest BCUT2D eigenvalue weighted by Crippen LogP contribution is 2.39. The van der Waals surface area contributed by atoms with Gasteiger partial charge in [-0.05, 0) is 39.5 Å². The summed E-state index contributed by atoms with van der Waals surface area (Å²) in [5.74, 6) is 0.286. The Balaban J connectivity index is 2.06. The predicted molar refractivity (Wildman–Crippen MR) is 52.1 cm³/mol. The standard InChI is InChI=1S/C11H18N2/c1-11(2)6-5-9(7-12)8-13(11)10-3-4-10/h9-10H,3-6,8H2,1-2H3. The van der Waals surface area contributed by atoms with Crippen LogP contribution in [-0.4, -0.2) is 23.0 Å². The summed E-state index contributed by atoms with van der Waals surface area (Å²) in [7, 11) is 0. The van der Waals surface area contributed by atoms with Gasteiger partial charge in [-0.15, -0.1) is 0 Å². The molecule has 1 aliphatic carbocycles. The molecule has 72 valence electrons. The van der Waals surface area contributed by atoms with Crippen LogP contribution >= 0.6 is 0 Å². The van der Waals surface area contributed by atoms with Gasteiger partial charge in [-0.2, -0.15) is 5.26 Å². The van der Waals surface area contributed by atoms with Crippen molar-refractivity contribution in [3.8, 4) is 6.07 Å². The van der Waals surface area contributed by atoms with Crippen molar-refractivity contribution in [3.63, 3.8) is 0 Å². The average Bonchev–Trinajstić information content (AvgIpc) is 2.87. The fourth-order valence-corrected chi connectivity index (χ4v) is 2.38. The first kappa shape index (κ1) is 9.02. The van der Waals surface area contributed by atoms with Crippen molar-refractivity contribution in [1.29, 1.82) is 5.26 Å². The van der Waals surface area contributed by atoms with Crippen LogP contribution in [0.3, 0.4) is 0 Å². The Bertz CT molecular complexity index is 235. The van der Waals surface area contributed by atoms with Crippen LogP contribution < -0.4 is 0 Å². The third-order valence-electron chi connectivity index (χ3n) is 3.47. The first-order valence-electron chi connectivity index (χ1n) is 5.30. The van der Waals surface area contributed by atoms with Crippen LogP contribution in [0.5, 0.6) is 0 Å². The van der Waals surface area contributed by atoms with Crippen molar-refractivity contribution in [1.82, 2.24) is 4.90 Å². The van der Waals surface area contributed by atoms with Crippen LogP contribution in [-0.2, 0) is 0 Å². The van der Waals surface area contributed by atoms with Gasteiger partial charge in [0, 0.05) is 18.1 Å². The van der Waals surface area contributed by atoms with E-state index in [9.17, 15) is 0 Å². The topological polar surface area (TPSA) is 27.0 Å². The summed E-state index contributed by atoms with van der Waals surface area (Å²) >= 11 is 0. The molecule has 1 aliphatic heterocycles. The first-order chi connectivity index (χ1) is 6.13. The smallest absolute Gasteiger partial charge is 0.0669 e. The highest BCUT2D eigenvalue weighted by atomic mass is 15.2. The van der Waals surface area contributed by atoms with E-state index in [4.69, 9.17) is 5.26 Å². The van der Waals surface area contributed by atoms with Crippen molar-refractivity contribution in [2.24, 2.45) is 5.92 Å². The molecule has 1 saturated heterocycles. The number of rotatable bonds is 1. The quantitative estimate of drug-likeness (QED) is 0.615. The minimum absolute atomic E-state index is 0.286. The molecule has 0 aromatic heterocycles. The molecule has 0 N–H and O–H groups in total. The molecule has 1 atom stereocenters. The summed E-state index contributed by atoms with van der Waals surface area (Å²) in [6, 6.07) is 3.21. The number of piperidine rings is 1. The van der Waals surface area contributed by atoms with Gasteiger partial charge < -0.3 is 0 Å². The summed E-state index contributed by atoms with van der Waals surface area (Å²) in [6.07, 6.45) is 4.97. The van der Waals surface area contributed by atoms with E-state index in [1.165, 1.54) is 19.3 Å². The number of hydrogen-bond acceptors (Lipinski definition) is 2. The van der Waals surface area contributed by atoms with E-state index in [0.29, 0.717) is 5.54 Å². The lowest BCUT2D eigenvalue weighted by atomic mass is 9.85. The third-order valence-corrected chi connectivity index (χ3v) is 3.47. The second-order valence-corrected chi connectivity index (χ2v) is 5.06. The van der Waals surface area contributed by atoms with Crippen LogP contribution in [0.1, 0.15) is 39.5 Å². The van der Waals surface area contributed by atoms with Crippen molar-refractivity contribution in [2.75, 3.05) is 6.54 Å². The van der Waals surface area contributed by atoms with E-state index in [1.54, 1.807) is 0 Å².